The number of carbonyl (C=O) groups is 1. The molecule has 0 aliphatic heterocycles. The van der Waals surface area contributed by atoms with Gasteiger partial charge in [0.15, 0.2) is 4.34 Å². The monoisotopic (exact) mass is 379 g/mol. The van der Waals surface area contributed by atoms with Crippen molar-refractivity contribution < 1.29 is 18.7 Å². The second kappa shape index (κ2) is 6.19. The summed E-state index contributed by atoms with van der Waals surface area (Å²) in [5.74, 6) is -2.29. The molecule has 0 aliphatic carbocycles. The van der Waals surface area contributed by atoms with Crippen LogP contribution in [0.2, 0.25) is 0 Å². The predicted molar refractivity (Wildman–Crippen MR) is 77.4 cm³/mol. The lowest BCUT2D eigenvalue weighted by atomic mass is 10.2. The summed E-state index contributed by atoms with van der Waals surface area (Å²) in [6.45, 7) is 1.59. The van der Waals surface area contributed by atoms with Crippen LogP contribution in [0.5, 0.6) is 0 Å². The third-order valence-corrected chi connectivity index (χ3v) is 5.38. The summed E-state index contributed by atoms with van der Waals surface area (Å²) in [6, 6.07) is 2.48. The van der Waals surface area contributed by atoms with Crippen molar-refractivity contribution in [1.29, 1.82) is 0 Å². The van der Waals surface area contributed by atoms with Crippen LogP contribution >= 0.6 is 39.0 Å². The standard InChI is InChI=1S/C12H8BrF2NO2S2/c1-5-10(11(17)18)20-12(16-5)19-4-6-8(14)3-2-7(13)9(6)15/h2-3H,4H2,1H3,(H,17,18). The maximum Gasteiger partial charge on any atom is 0.347 e. The molecule has 20 heavy (non-hydrogen) atoms. The van der Waals surface area contributed by atoms with Crippen LogP contribution in [0.4, 0.5) is 8.78 Å². The van der Waals surface area contributed by atoms with E-state index in [1.54, 1.807) is 6.92 Å². The first-order chi connectivity index (χ1) is 9.40. The minimum atomic E-state index is -1.05. The van der Waals surface area contributed by atoms with Crippen molar-refractivity contribution in [1.82, 2.24) is 4.98 Å². The van der Waals surface area contributed by atoms with E-state index in [4.69, 9.17) is 5.11 Å². The molecule has 1 heterocycles. The molecule has 0 spiro atoms. The van der Waals surface area contributed by atoms with Crippen molar-refractivity contribution in [3.8, 4) is 0 Å². The van der Waals surface area contributed by atoms with E-state index in [-0.39, 0.29) is 20.7 Å². The smallest absolute Gasteiger partial charge is 0.347 e. The van der Waals surface area contributed by atoms with E-state index in [2.05, 4.69) is 20.9 Å². The van der Waals surface area contributed by atoms with Crippen molar-refractivity contribution >= 4 is 45.0 Å². The Balaban J connectivity index is 2.19. The fourth-order valence-corrected chi connectivity index (χ4v) is 3.87. The number of hydrogen-bond donors (Lipinski definition) is 1. The van der Waals surface area contributed by atoms with E-state index in [1.807, 2.05) is 0 Å². The first-order valence-corrected chi connectivity index (χ1v) is 7.95. The second-order valence-electron chi connectivity index (χ2n) is 3.81. The Bertz CT molecular complexity index is 676. The minimum Gasteiger partial charge on any atom is -0.477 e. The van der Waals surface area contributed by atoms with Crippen molar-refractivity contribution in [2.75, 3.05) is 0 Å². The highest BCUT2D eigenvalue weighted by molar-refractivity contribution is 9.10. The molecule has 3 nitrogen and oxygen atoms in total. The Morgan fingerprint density at radius 2 is 2.20 bits per heavy atom. The number of aromatic carboxylic acids is 1. The minimum absolute atomic E-state index is 0.0448. The van der Waals surface area contributed by atoms with Crippen molar-refractivity contribution in [2.45, 2.75) is 17.0 Å². The lowest BCUT2D eigenvalue weighted by Crippen LogP contribution is -1.94. The van der Waals surface area contributed by atoms with Gasteiger partial charge in [0.05, 0.1) is 10.2 Å². The van der Waals surface area contributed by atoms with Crippen molar-refractivity contribution in [2.24, 2.45) is 0 Å². The molecule has 0 saturated carbocycles. The molecule has 0 radical (unpaired) electrons. The Morgan fingerprint density at radius 1 is 1.50 bits per heavy atom. The van der Waals surface area contributed by atoms with E-state index in [1.165, 1.54) is 12.1 Å². The topological polar surface area (TPSA) is 50.2 Å². The van der Waals surface area contributed by atoms with Crippen LogP contribution in [-0.4, -0.2) is 16.1 Å². The van der Waals surface area contributed by atoms with Crippen molar-refractivity contribution in [3.63, 3.8) is 0 Å². The van der Waals surface area contributed by atoms with Gasteiger partial charge >= 0.3 is 5.97 Å². The first-order valence-electron chi connectivity index (χ1n) is 5.36. The van der Waals surface area contributed by atoms with Crippen LogP contribution in [0.25, 0.3) is 0 Å². The van der Waals surface area contributed by atoms with Gasteiger partial charge in [0, 0.05) is 11.3 Å². The fraction of sp³-hybridized carbons (Fsp3) is 0.167. The molecular weight excluding hydrogens is 372 g/mol. The zero-order valence-corrected chi connectivity index (χ0v) is 13.3. The van der Waals surface area contributed by atoms with Crippen LogP contribution in [0, 0.1) is 18.6 Å². The molecular formula is C12H8BrF2NO2S2. The molecule has 0 aliphatic rings. The number of hydrogen-bond acceptors (Lipinski definition) is 4. The van der Waals surface area contributed by atoms with Gasteiger partial charge in [-0.2, -0.15) is 0 Å². The molecule has 0 unspecified atom stereocenters. The molecule has 2 rings (SSSR count). The maximum atomic E-state index is 13.8. The Labute approximate surface area is 130 Å². The molecule has 2 aromatic rings. The number of aryl methyl sites for hydroxylation is 1. The highest BCUT2D eigenvalue weighted by atomic mass is 79.9. The normalized spacial score (nSPS) is 10.8. The van der Waals surface area contributed by atoms with Gasteiger partial charge in [-0.3, -0.25) is 0 Å². The SMILES string of the molecule is Cc1nc(SCc2c(F)ccc(Br)c2F)sc1C(=O)O. The number of nitrogens with zero attached hydrogens (tertiary/aromatic N) is 1. The fourth-order valence-electron chi connectivity index (χ4n) is 1.47. The molecule has 1 aromatic carbocycles. The number of benzene rings is 1. The Hall–Kier alpha value is -0.990. The van der Waals surface area contributed by atoms with E-state index in [9.17, 15) is 13.6 Å². The predicted octanol–water partition coefficient (Wildman–Crippen LogP) is 4.48. The van der Waals surface area contributed by atoms with Crippen LogP contribution in [0.15, 0.2) is 20.9 Å². The van der Waals surface area contributed by atoms with Gasteiger partial charge in [-0.15, -0.1) is 11.3 Å². The van der Waals surface area contributed by atoms with Crippen LogP contribution in [0.1, 0.15) is 20.9 Å². The molecule has 0 saturated heterocycles. The van der Waals surface area contributed by atoms with Crippen LogP contribution in [0.3, 0.4) is 0 Å². The summed E-state index contributed by atoms with van der Waals surface area (Å²) in [4.78, 5) is 15.1. The van der Waals surface area contributed by atoms with E-state index in [0.717, 1.165) is 23.1 Å². The Kier molecular flexibility index (Phi) is 4.77. The quantitative estimate of drug-likeness (QED) is 0.628. The van der Waals surface area contributed by atoms with Crippen LogP contribution < -0.4 is 0 Å². The molecule has 106 valence electrons. The highest BCUT2D eigenvalue weighted by Crippen LogP contribution is 2.32. The van der Waals surface area contributed by atoms with Gasteiger partial charge < -0.3 is 5.11 Å². The summed E-state index contributed by atoms with van der Waals surface area (Å²) in [7, 11) is 0. The molecule has 1 N–H and O–H groups in total. The lowest BCUT2D eigenvalue weighted by Gasteiger charge is -2.04. The second-order valence-corrected chi connectivity index (χ2v) is 6.89. The zero-order valence-electron chi connectivity index (χ0n) is 10.1. The zero-order chi connectivity index (χ0) is 14.9. The van der Waals surface area contributed by atoms with Gasteiger partial charge in [-0.1, -0.05) is 11.8 Å². The maximum absolute atomic E-state index is 13.8. The van der Waals surface area contributed by atoms with Gasteiger partial charge in [0.2, 0.25) is 0 Å². The number of thiazole rings is 1. The van der Waals surface area contributed by atoms with E-state index >= 15 is 0 Å². The number of rotatable bonds is 4. The molecule has 0 bridgehead atoms. The summed E-state index contributed by atoms with van der Waals surface area (Å²) < 4.78 is 28.0. The van der Waals surface area contributed by atoms with Gasteiger partial charge in [-0.05, 0) is 35.0 Å². The van der Waals surface area contributed by atoms with Gasteiger partial charge in [0.1, 0.15) is 16.5 Å². The summed E-state index contributed by atoms with van der Waals surface area (Å²) >= 11 is 5.10. The van der Waals surface area contributed by atoms with Gasteiger partial charge in [0.25, 0.3) is 0 Å². The van der Waals surface area contributed by atoms with Crippen molar-refractivity contribution in [3.05, 3.63) is 44.4 Å². The summed E-state index contributed by atoms with van der Waals surface area (Å²) in [5, 5.41) is 8.92. The lowest BCUT2D eigenvalue weighted by molar-refractivity contribution is 0.0701. The van der Waals surface area contributed by atoms with E-state index in [0.29, 0.717) is 10.0 Å². The highest BCUT2D eigenvalue weighted by Gasteiger charge is 2.17. The third kappa shape index (κ3) is 3.18. The largest absolute Gasteiger partial charge is 0.477 e. The molecule has 8 heteroatoms. The third-order valence-electron chi connectivity index (χ3n) is 2.45. The number of carboxylic acids is 1. The molecule has 0 amide bonds. The first kappa shape index (κ1) is 15.4. The summed E-state index contributed by atoms with van der Waals surface area (Å²) in [5.41, 5.74) is 0.342. The molecule has 0 atom stereocenters. The number of aromatic nitrogens is 1. The number of carboxylic acid groups (broad SMARTS) is 1. The Morgan fingerprint density at radius 3 is 2.80 bits per heavy atom. The average Bonchev–Trinajstić information content (AvgIpc) is 2.75. The number of thioether (sulfide) groups is 1. The molecule has 1 aromatic heterocycles. The van der Waals surface area contributed by atoms with Gasteiger partial charge in [-0.25, -0.2) is 18.6 Å². The van der Waals surface area contributed by atoms with E-state index < -0.39 is 17.6 Å². The molecule has 0 fully saturated rings. The number of halogens is 3. The van der Waals surface area contributed by atoms with Crippen LogP contribution in [-0.2, 0) is 5.75 Å². The average molecular weight is 380 g/mol. The summed E-state index contributed by atoms with van der Waals surface area (Å²) in [6.07, 6.45) is 0.